The van der Waals surface area contributed by atoms with Crippen LogP contribution < -0.4 is 0 Å². The van der Waals surface area contributed by atoms with E-state index in [1.54, 1.807) is 0 Å². The average molecular weight is 319 g/mol. The Hall–Kier alpha value is -1.99. The maximum atomic E-state index is 2.35. The van der Waals surface area contributed by atoms with Gasteiger partial charge >= 0.3 is 0 Å². The molecular formula is C22H23S+. The molecule has 0 radical (unpaired) electrons. The molecule has 0 amide bonds. The van der Waals surface area contributed by atoms with E-state index in [1.165, 1.54) is 36.9 Å². The summed E-state index contributed by atoms with van der Waals surface area (Å²) in [4.78, 5) is 4.16. The molecule has 116 valence electrons. The van der Waals surface area contributed by atoms with Crippen molar-refractivity contribution in [3.63, 3.8) is 0 Å². The average Bonchev–Trinajstić information content (AvgIpc) is 2.55. The third kappa shape index (κ3) is 3.35. The zero-order chi connectivity index (χ0) is 16.4. The van der Waals surface area contributed by atoms with Gasteiger partial charge in [-0.2, -0.15) is 0 Å². The van der Waals surface area contributed by atoms with Crippen molar-refractivity contribution in [1.29, 1.82) is 0 Å². The van der Waals surface area contributed by atoms with Crippen LogP contribution in [-0.2, 0) is 10.9 Å². The van der Waals surface area contributed by atoms with E-state index in [9.17, 15) is 0 Å². The highest BCUT2D eigenvalue weighted by molar-refractivity contribution is 7.97. The van der Waals surface area contributed by atoms with Crippen molar-refractivity contribution in [2.75, 3.05) is 0 Å². The Balaban J connectivity index is 2.17. The molecule has 23 heavy (non-hydrogen) atoms. The van der Waals surface area contributed by atoms with E-state index in [2.05, 4.69) is 94.4 Å². The van der Waals surface area contributed by atoms with Crippen molar-refractivity contribution in [1.82, 2.24) is 0 Å². The molecule has 1 heteroatoms. The molecule has 0 fully saturated rings. The van der Waals surface area contributed by atoms with Crippen LogP contribution in [0.4, 0.5) is 0 Å². The lowest BCUT2D eigenvalue weighted by molar-refractivity contribution is 1.23. The lowest BCUT2D eigenvalue weighted by Gasteiger charge is -2.11. The maximum Gasteiger partial charge on any atom is 0.166 e. The Morgan fingerprint density at radius 1 is 0.478 bits per heavy atom. The second-order valence-electron chi connectivity index (χ2n) is 6.11. The zero-order valence-electron chi connectivity index (χ0n) is 14.3. The van der Waals surface area contributed by atoms with Crippen LogP contribution >= 0.6 is 0 Å². The molecule has 0 saturated carbocycles. The number of rotatable bonds is 3. The van der Waals surface area contributed by atoms with Gasteiger partial charge in [0.05, 0.1) is 10.9 Å². The monoisotopic (exact) mass is 319 g/mol. The van der Waals surface area contributed by atoms with Gasteiger partial charge in [0.25, 0.3) is 0 Å². The molecular weight excluding hydrogens is 296 g/mol. The van der Waals surface area contributed by atoms with Crippen LogP contribution in [0.15, 0.2) is 81.4 Å². The predicted octanol–water partition coefficient (Wildman–Crippen LogP) is 6.02. The van der Waals surface area contributed by atoms with Crippen LogP contribution in [0.5, 0.6) is 0 Å². The summed E-state index contributed by atoms with van der Waals surface area (Å²) >= 11 is 0. The molecule has 0 unspecified atom stereocenters. The van der Waals surface area contributed by atoms with Crippen LogP contribution in [0.3, 0.4) is 0 Å². The molecule has 0 bridgehead atoms. The van der Waals surface area contributed by atoms with Gasteiger partial charge in [0, 0.05) is 0 Å². The van der Waals surface area contributed by atoms with Crippen molar-refractivity contribution < 1.29 is 0 Å². The van der Waals surface area contributed by atoms with Gasteiger partial charge in [0.1, 0.15) is 0 Å². The van der Waals surface area contributed by atoms with Gasteiger partial charge in [-0.3, -0.25) is 0 Å². The first kappa shape index (κ1) is 15.9. The standard InChI is InChI=1S/C22H23S/c1-16-10-12-21(14-18(16)3)23(20-8-6-5-7-9-20)22-13-11-17(2)19(4)15-22/h5-15H,1-4H3/q+1. The first-order valence-corrected chi connectivity index (χ1v) is 9.22. The molecule has 0 aliphatic heterocycles. The fraction of sp³-hybridized carbons (Fsp3) is 0.182. The summed E-state index contributed by atoms with van der Waals surface area (Å²) < 4.78 is 0. The third-order valence-corrected chi connectivity index (χ3v) is 6.60. The minimum Gasteiger partial charge on any atom is -0.0619 e. The summed E-state index contributed by atoms with van der Waals surface area (Å²) in [6, 6.07) is 24.6. The smallest absolute Gasteiger partial charge is 0.0619 e. The summed E-state index contributed by atoms with van der Waals surface area (Å²) in [7, 11) is -0.0517. The van der Waals surface area contributed by atoms with Gasteiger partial charge in [-0.15, -0.1) is 0 Å². The van der Waals surface area contributed by atoms with Gasteiger partial charge in [0.2, 0.25) is 0 Å². The molecule has 0 atom stereocenters. The molecule has 0 N–H and O–H groups in total. The highest BCUT2D eigenvalue weighted by Crippen LogP contribution is 2.32. The molecule has 0 aromatic heterocycles. The fourth-order valence-corrected chi connectivity index (χ4v) is 4.89. The lowest BCUT2D eigenvalue weighted by Crippen LogP contribution is -2.06. The Kier molecular flexibility index (Phi) is 4.58. The van der Waals surface area contributed by atoms with E-state index in [0.29, 0.717) is 0 Å². The van der Waals surface area contributed by atoms with Crippen LogP contribution in [0.1, 0.15) is 22.3 Å². The summed E-state index contributed by atoms with van der Waals surface area (Å²) in [5, 5.41) is 0. The Morgan fingerprint density at radius 2 is 0.957 bits per heavy atom. The van der Waals surface area contributed by atoms with Crippen molar-refractivity contribution in [2.45, 2.75) is 42.4 Å². The molecule has 0 spiro atoms. The van der Waals surface area contributed by atoms with Gasteiger partial charge in [-0.05, 0) is 86.3 Å². The Labute approximate surface area is 142 Å². The second-order valence-corrected chi connectivity index (χ2v) is 8.14. The summed E-state index contributed by atoms with van der Waals surface area (Å²) in [6.45, 7) is 8.75. The normalized spacial score (nSPS) is 11.0. The van der Waals surface area contributed by atoms with E-state index < -0.39 is 0 Å². The van der Waals surface area contributed by atoms with Crippen molar-refractivity contribution in [3.05, 3.63) is 89.0 Å². The van der Waals surface area contributed by atoms with E-state index in [1.807, 2.05) is 0 Å². The van der Waals surface area contributed by atoms with Crippen LogP contribution in [0.25, 0.3) is 0 Å². The van der Waals surface area contributed by atoms with Crippen molar-refractivity contribution >= 4 is 10.9 Å². The molecule has 0 aliphatic carbocycles. The largest absolute Gasteiger partial charge is 0.166 e. The van der Waals surface area contributed by atoms with Crippen molar-refractivity contribution in [2.24, 2.45) is 0 Å². The predicted molar refractivity (Wildman–Crippen MR) is 100 cm³/mol. The number of benzene rings is 3. The third-order valence-electron chi connectivity index (χ3n) is 4.41. The topological polar surface area (TPSA) is 0 Å². The lowest BCUT2D eigenvalue weighted by atomic mass is 10.1. The van der Waals surface area contributed by atoms with Gasteiger partial charge < -0.3 is 0 Å². The SMILES string of the molecule is Cc1ccc([S+](c2ccccc2)c2ccc(C)c(C)c2)cc1C. The fourth-order valence-electron chi connectivity index (χ4n) is 2.65. The second kappa shape index (κ2) is 6.64. The number of aryl methyl sites for hydroxylation is 4. The molecule has 3 rings (SSSR count). The summed E-state index contributed by atoms with van der Waals surface area (Å²) in [5.74, 6) is 0. The Morgan fingerprint density at radius 3 is 1.39 bits per heavy atom. The number of hydrogen-bond donors (Lipinski definition) is 0. The highest BCUT2D eigenvalue weighted by Gasteiger charge is 2.29. The van der Waals surface area contributed by atoms with E-state index >= 15 is 0 Å². The summed E-state index contributed by atoms with van der Waals surface area (Å²) in [6.07, 6.45) is 0. The molecule has 0 heterocycles. The van der Waals surface area contributed by atoms with Crippen LogP contribution in [0, 0.1) is 27.7 Å². The van der Waals surface area contributed by atoms with Gasteiger partial charge in [0.15, 0.2) is 14.7 Å². The first-order chi connectivity index (χ1) is 11.1. The quantitative estimate of drug-likeness (QED) is 0.518. The highest BCUT2D eigenvalue weighted by atomic mass is 32.2. The molecule has 3 aromatic carbocycles. The molecule has 3 aromatic rings. The Bertz CT molecular complexity index is 767. The molecule has 0 aliphatic rings. The minimum atomic E-state index is -0.0517. The summed E-state index contributed by atoms with van der Waals surface area (Å²) in [5.41, 5.74) is 5.43. The van der Waals surface area contributed by atoms with Gasteiger partial charge in [-0.25, -0.2) is 0 Å². The minimum absolute atomic E-state index is 0.0517. The first-order valence-electron chi connectivity index (χ1n) is 8.00. The van der Waals surface area contributed by atoms with Gasteiger partial charge in [-0.1, -0.05) is 30.3 Å². The van der Waals surface area contributed by atoms with Crippen molar-refractivity contribution in [3.8, 4) is 0 Å². The number of hydrogen-bond acceptors (Lipinski definition) is 0. The maximum absolute atomic E-state index is 2.35. The van der Waals surface area contributed by atoms with E-state index in [4.69, 9.17) is 0 Å². The zero-order valence-corrected chi connectivity index (χ0v) is 15.1. The molecule has 0 nitrogen and oxygen atoms in total. The molecule has 0 saturated heterocycles. The van der Waals surface area contributed by atoms with E-state index in [-0.39, 0.29) is 10.9 Å². The van der Waals surface area contributed by atoms with Crippen LogP contribution in [-0.4, -0.2) is 0 Å². The van der Waals surface area contributed by atoms with Crippen LogP contribution in [0.2, 0.25) is 0 Å². The van der Waals surface area contributed by atoms with E-state index in [0.717, 1.165) is 0 Å².